The first-order valence-corrected chi connectivity index (χ1v) is 8.17. The highest BCUT2D eigenvalue weighted by Gasteiger charge is 2.21. The molecule has 0 saturated carbocycles. The third-order valence-corrected chi connectivity index (χ3v) is 4.25. The second-order valence-electron chi connectivity index (χ2n) is 5.77. The largest absolute Gasteiger partial charge is 0.506 e. The van der Waals surface area contributed by atoms with Crippen LogP contribution in [0.2, 0.25) is 0 Å². The number of rotatable bonds is 5. The van der Waals surface area contributed by atoms with E-state index in [0.717, 1.165) is 50.8 Å². The molecule has 136 valence electrons. The van der Waals surface area contributed by atoms with Crippen LogP contribution in [0.25, 0.3) is 0 Å². The van der Waals surface area contributed by atoms with Gasteiger partial charge in [-0.25, -0.2) is 0 Å². The number of phenols is 1. The van der Waals surface area contributed by atoms with E-state index in [-0.39, 0.29) is 30.1 Å². The lowest BCUT2D eigenvalue weighted by Crippen LogP contribution is -2.52. The SMILES string of the molecule is CN=C(NCCC(C)OC)N1CCN(c2ccccc2O)CC1.I. The highest BCUT2D eigenvalue weighted by Crippen LogP contribution is 2.27. The first kappa shape index (κ1) is 20.8. The number of methoxy groups -OCH3 is 1. The third-order valence-electron chi connectivity index (χ3n) is 4.25. The van der Waals surface area contributed by atoms with Crippen molar-refractivity contribution in [1.29, 1.82) is 0 Å². The zero-order chi connectivity index (χ0) is 16.7. The van der Waals surface area contributed by atoms with Gasteiger partial charge in [0.05, 0.1) is 11.8 Å². The minimum Gasteiger partial charge on any atom is -0.506 e. The maximum Gasteiger partial charge on any atom is 0.193 e. The lowest BCUT2D eigenvalue weighted by Gasteiger charge is -2.37. The number of para-hydroxylation sites is 2. The Labute approximate surface area is 161 Å². The average molecular weight is 448 g/mol. The lowest BCUT2D eigenvalue weighted by molar-refractivity contribution is 0.112. The monoisotopic (exact) mass is 448 g/mol. The summed E-state index contributed by atoms with van der Waals surface area (Å²) >= 11 is 0. The van der Waals surface area contributed by atoms with Gasteiger partial charge in [0.15, 0.2) is 5.96 Å². The predicted molar refractivity (Wildman–Crippen MR) is 110 cm³/mol. The summed E-state index contributed by atoms with van der Waals surface area (Å²) in [6, 6.07) is 7.50. The first-order chi connectivity index (χ1) is 11.2. The molecule has 6 nitrogen and oxygen atoms in total. The fourth-order valence-electron chi connectivity index (χ4n) is 2.73. The number of anilines is 1. The third kappa shape index (κ3) is 5.70. The topological polar surface area (TPSA) is 60.3 Å². The number of phenolic OH excluding ortho intramolecular Hbond substituents is 1. The van der Waals surface area contributed by atoms with E-state index in [0.29, 0.717) is 5.75 Å². The molecule has 24 heavy (non-hydrogen) atoms. The van der Waals surface area contributed by atoms with Crippen molar-refractivity contribution in [3.8, 4) is 5.75 Å². The quantitative estimate of drug-likeness (QED) is 0.411. The van der Waals surface area contributed by atoms with Gasteiger partial charge in [0.1, 0.15) is 5.75 Å². The van der Waals surface area contributed by atoms with Gasteiger partial charge in [-0.3, -0.25) is 4.99 Å². The second kappa shape index (κ2) is 10.6. The van der Waals surface area contributed by atoms with Crippen molar-refractivity contribution in [3.63, 3.8) is 0 Å². The Bertz CT molecular complexity index is 519. The van der Waals surface area contributed by atoms with Crippen LogP contribution in [-0.2, 0) is 4.74 Å². The van der Waals surface area contributed by atoms with Crippen LogP contribution >= 0.6 is 24.0 Å². The molecular weight excluding hydrogens is 419 g/mol. The average Bonchev–Trinajstić information content (AvgIpc) is 2.59. The molecule has 0 aromatic heterocycles. The molecule has 1 atom stereocenters. The first-order valence-electron chi connectivity index (χ1n) is 8.17. The van der Waals surface area contributed by atoms with Crippen LogP contribution < -0.4 is 10.2 Å². The van der Waals surface area contributed by atoms with Crippen LogP contribution in [0, 0.1) is 0 Å². The van der Waals surface area contributed by atoms with Gasteiger partial charge in [-0.1, -0.05) is 12.1 Å². The molecule has 1 aliphatic heterocycles. The zero-order valence-corrected chi connectivity index (χ0v) is 17.1. The van der Waals surface area contributed by atoms with Crippen LogP contribution in [0.5, 0.6) is 5.75 Å². The van der Waals surface area contributed by atoms with Gasteiger partial charge in [0, 0.05) is 46.9 Å². The van der Waals surface area contributed by atoms with Gasteiger partial charge in [-0.05, 0) is 25.5 Å². The summed E-state index contributed by atoms with van der Waals surface area (Å²) in [7, 11) is 3.55. The van der Waals surface area contributed by atoms with Crippen molar-refractivity contribution in [3.05, 3.63) is 24.3 Å². The molecule has 1 heterocycles. The van der Waals surface area contributed by atoms with Gasteiger partial charge < -0.3 is 25.0 Å². The number of hydrogen-bond donors (Lipinski definition) is 2. The molecule has 2 N–H and O–H groups in total. The summed E-state index contributed by atoms with van der Waals surface area (Å²) in [4.78, 5) is 8.84. The molecular formula is C17H29IN4O2. The van der Waals surface area contributed by atoms with Crippen LogP contribution in [0.15, 0.2) is 29.3 Å². The molecule has 0 aliphatic carbocycles. The maximum absolute atomic E-state index is 9.97. The number of guanidine groups is 1. The molecule has 1 unspecified atom stereocenters. The number of ether oxygens (including phenoxy) is 1. The Morgan fingerprint density at radius 2 is 1.96 bits per heavy atom. The normalized spacial score (nSPS) is 16.5. The number of aliphatic imine (C=N–C) groups is 1. The summed E-state index contributed by atoms with van der Waals surface area (Å²) < 4.78 is 5.26. The van der Waals surface area contributed by atoms with Gasteiger partial charge in [-0.2, -0.15) is 0 Å². The number of benzene rings is 1. The van der Waals surface area contributed by atoms with Gasteiger partial charge in [0.25, 0.3) is 0 Å². The Balaban J connectivity index is 0.00000288. The Kier molecular flexibility index (Phi) is 9.20. The number of hydrogen-bond acceptors (Lipinski definition) is 4. The van der Waals surface area contributed by atoms with E-state index >= 15 is 0 Å². The molecule has 1 aromatic carbocycles. The smallest absolute Gasteiger partial charge is 0.193 e. The zero-order valence-electron chi connectivity index (χ0n) is 14.7. The number of nitrogens with one attached hydrogen (secondary N) is 1. The van der Waals surface area contributed by atoms with Gasteiger partial charge in [0.2, 0.25) is 0 Å². The Morgan fingerprint density at radius 3 is 2.54 bits per heavy atom. The van der Waals surface area contributed by atoms with E-state index in [9.17, 15) is 5.11 Å². The summed E-state index contributed by atoms with van der Waals surface area (Å²) in [5.74, 6) is 1.28. The minimum absolute atomic E-state index is 0. The van der Waals surface area contributed by atoms with Crippen LogP contribution in [0.3, 0.4) is 0 Å². The van der Waals surface area contributed by atoms with E-state index in [4.69, 9.17) is 4.74 Å². The summed E-state index contributed by atoms with van der Waals surface area (Å²) in [6.45, 7) is 6.41. The van der Waals surface area contributed by atoms with E-state index in [1.807, 2.05) is 25.2 Å². The standard InChI is InChI=1S/C17H28N4O2.HI/c1-14(23-3)8-9-19-17(18-2)21-12-10-20(11-13-21)15-6-4-5-7-16(15)22;/h4-7,14,22H,8-13H2,1-3H3,(H,18,19);1H. The van der Waals surface area contributed by atoms with Gasteiger partial charge >= 0.3 is 0 Å². The molecule has 0 radical (unpaired) electrons. The summed E-state index contributed by atoms with van der Waals surface area (Å²) in [6.07, 6.45) is 1.20. The van der Waals surface area contributed by atoms with Crippen LogP contribution in [-0.4, -0.2) is 69.0 Å². The molecule has 7 heteroatoms. The highest BCUT2D eigenvalue weighted by molar-refractivity contribution is 14.0. The number of piperazine rings is 1. The van der Waals surface area contributed by atoms with Crippen molar-refractivity contribution in [2.45, 2.75) is 19.4 Å². The molecule has 1 aromatic rings. The number of aromatic hydroxyl groups is 1. The van der Waals surface area contributed by atoms with Gasteiger partial charge in [-0.15, -0.1) is 24.0 Å². The van der Waals surface area contributed by atoms with E-state index in [1.54, 1.807) is 13.2 Å². The van der Waals surface area contributed by atoms with Crippen molar-refractivity contribution < 1.29 is 9.84 Å². The fourth-order valence-corrected chi connectivity index (χ4v) is 2.73. The molecule has 1 saturated heterocycles. The van der Waals surface area contributed by atoms with Crippen molar-refractivity contribution in [2.24, 2.45) is 4.99 Å². The minimum atomic E-state index is 0. The van der Waals surface area contributed by atoms with Crippen molar-refractivity contribution in [1.82, 2.24) is 10.2 Å². The molecule has 1 fully saturated rings. The van der Waals surface area contributed by atoms with E-state index in [2.05, 4.69) is 27.0 Å². The Morgan fingerprint density at radius 1 is 1.29 bits per heavy atom. The second-order valence-corrected chi connectivity index (χ2v) is 5.77. The van der Waals surface area contributed by atoms with Crippen molar-refractivity contribution >= 4 is 35.6 Å². The van der Waals surface area contributed by atoms with Crippen LogP contribution in [0.1, 0.15) is 13.3 Å². The van der Waals surface area contributed by atoms with E-state index in [1.165, 1.54) is 0 Å². The number of halogens is 1. The molecule has 0 bridgehead atoms. The predicted octanol–water partition coefficient (Wildman–Crippen LogP) is 2.13. The summed E-state index contributed by atoms with van der Waals surface area (Å²) in [5, 5.41) is 13.4. The fraction of sp³-hybridized carbons (Fsp3) is 0.588. The molecule has 1 aliphatic rings. The number of nitrogens with zero attached hydrogens (tertiary/aromatic N) is 3. The highest BCUT2D eigenvalue weighted by atomic mass is 127. The molecule has 2 rings (SSSR count). The van der Waals surface area contributed by atoms with E-state index < -0.39 is 0 Å². The van der Waals surface area contributed by atoms with Crippen molar-refractivity contribution in [2.75, 3.05) is 51.8 Å². The lowest BCUT2D eigenvalue weighted by atomic mass is 10.2. The molecule has 0 spiro atoms. The molecule has 0 amide bonds. The Hall–Kier alpha value is -1.22. The maximum atomic E-state index is 9.97. The van der Waals surface area contributed by atoms with Crippen LogP contribution in [0.4, 0.5) is 5.69 Å². The summed E-state index contributed by atoms with van der Waals surface area (Å²) in [5.41, 5.74) is 0.906.